The van der Waals surface area contributed by atoms with Crippen molar-refractivity contribution in [1.29, 1.82) is 0 Å². The van der Waals surface area contributed by atoms with Crippen LogP contribution in [0.3, 0.4) is 0 Å². The van der Waals surface area contributed by atoms with E-state index in [9.17, 15) is 0 Å². The third-order valence-electron chi connectivity index (χ3n) is 3.53. The number of hydrogen-bond donors (Lipinski definition) is 1. The summed E-state index contributed by atoms with van der Waals surface area (Å²) in [5, 5.41) is 0. The van der Waals surface area contributed by atoms with Gasteiger partial charge < -0.3 is 10.6 Å². The summed E-state index contributed by atoms with van der Waals surface area (Å²) in [7, 11) is 0. The number of halogens is 2. The van der Waals surface area contributed by atoms with Crippen LogP contribution in [0.1, 0.15) is 19.3 Å². The molecule has 0 aliphatic carbocycles. The molecule has 2 heterocycles. The van der Waals surface area contributed by atoms with Crippen molar-refractivity contribution in [2.75, 3.05) is 18.0 Å². The van der Waals surface area contributed by atoms with E-state index < -0.39 is 0 Å². The third-order valence-corrected chi connectivity index (χ3v) is 3.53. The minimum absolute atomic E-state index is 0. The second kappa shape index (κ2) is 7.62. The lowest BCUT2D eigenvalue weighted by Crippen LogP contribution is -2.27. The van der Waals surface area contributed by atoms with Crippen molar-refractivity contribution in [3.05, 3.63) is 30.5 Å². The maximum Gasteiger partial charge on any atom is 0.147 e. The molecule has 1 aliphatic rings. The molecule has 6 heteroatoms. The number of benzene rings is 1. The SMILES string of the molecule is Cl.Cl.NC1CCCN(c2cnc3ccccc3n2)CC1. The van der Waals surface area contributed by atoms with Crippen LogP contribution in [0.5, 0.6) is 0 Å². The molecule has 4 nitrogen and oxygen atoms in total. The maximum absolute atomic E-state index is 6.00. The Morgan fingerprint density at radius 3 is 2.60 bits per heavy atom. The first-order valence-corrected chi connectivity index (χ1v) is 6.55. The molecule has 1 saturated heterocycles. The van der Waals surface area contributed by atoms with Gasteiger partial charge >= 0.3 is 0 Å². The van der Waals surface area contributed by atoms with Gasteiger partial charge in [0.15, 0.2) is 0 Å². The van der Waals surface area contributed by atoms with Crippen LogP contribution in [-0.4, -0.2) is 29.1 Å². The van der Waals surface area contributed by atoms with Gasteiger partial charge in [-0.25, -0.2) is 4.98 Å². The quantitative estimate of drug-likeness (QED) is 0.879. The van der Waals surface area contributed by atoms with Crippen LogP contribution >= 0.6 is 24.8 Å². The van der Waals surface area contributed by atoms with Crippen molar-refractivity contribution in [3.63, 3.8) is 0 Å². The summed E-state index contributed by atoms with van der Waals surface area (Å²) in [4.78, 5) is 11.5. The topological polar surface area (TPSA) is 55.0 Å². The zero-order valence-corrected chi connectivity index (χ0v) is 12.9. The summed E-state index contributed by atoms with van der Waals surface area (Å²) >= 11 is 0. The monoisotopic (exact) mass is 314 g/mol. The van der Waals surface area contributed by atoms with Gasteiger partial charge in [0, 0.05) is 19.1 Å². The normalized spacial score (nSPS) is 18.9. The van der Waals surface area contributed by atoms with Crippen LogP contribution in [0, 0.1) is 0 Å². The first kappa shape index (κ1) is 17.0. The van der Waals surface area contributed by atoms with Crippen molar-refractivity contribution in [3.8, 4) is 0 Å². The van der Waals surface area contributed by atoms with Crippen LogP contribution in [0.2, 0.25) is 0 Å². The van der Waals surface area contributed by atoms with Crippen LogP contribution in [0.15, 0.2) is 30.5 Å². The van der Waals surface area contributed by atoms with E-state index in [2.05, 4.69) is 14.9 Å². The van der Waals surface area contributed by atoms with Gasteiger partial charge in [-0.05, 0) is 31.4 Å². The molecule has 0 saturated carbocycles. The van der Waals surface area contributed by atoms with Gasteiger partial charge in [0.25, 0.3) is 0 Å². The molecule has 1 aromatic carbocycles. The second-order valence-electron chi connectivity index (χ2n) is 4.89. The third kappa shape index (κ3) is 3.72. The first-order valence-electron chi connectivity index (χ1n) is 6.55. The zero-order chi connectivity index (χ0) is 12.4. The molecule has 1 unspecified atom stereocenters. The van der Waals surface area contributed by atoms with E-state index in [-0.39, 0.29) is 24.8 Å². The van der Waals surface area contributed by atoms with E-state index in [1.54, 1.807) is 0 Å². The molecular weight excluding hydrogens is 295 g/mol. The molecular formula is C14H20Cl2N4. The Hall–Kier alpha value is -1.10. The van der Waals surface area contributed by atoms with Gasteiger partial charge in [-0.15, -0.1) is 24.8 Å². The van der Waals surface area contributed by atoms with Gasteiger partial charge in [-0.3, -0.25) is 4.98 Å². The number of nitrogens with two attached hydrogens (primary N) is 1. The van der Waals surface area contributed by atoms with Crippen molar-refractivity contribution in [2.24, 2.45) is 5.73 Å². The molecule has 2 N–H and O–H groups in total. The molecule has 0 bridgehead atoms. The number of fused-ring (bicyclic) bond motifs is 1. The highest BCUT2D eigenvalue weighted by atomic mass is 35.5. The Morgan fingerprint density at radius 2 is 1.80 bits per heavy atom. The molecule has 20 heavy (non-hydrogen) atoms. The summed E-state index contributed by atoms with van der Waals surface area (Å²) in [5.74, 6) is 0.975. The molecule has 2 aromatic rings. The van der Waals surface area contributed by atoms with E-state index in [4.69, 9.17) is 5.73 Å². The molecule has 0 amide bonds. The van der Waals surface area contributed by atoms with Crippen LogP contribution in [0.4, 0.5) is 5.82 Å². The number of anilines is 1. The van der Waals surface area contributed by atoms with E-state index in [0.29, 0.717) is 6.04 Å². The second-order valence-corrected chi connectivity index (χ2v) is 4.89. The number of hydrogen-bond acceptors (Lipinski definition) is 4. The molecule has 1 atom stereocenters. The summed E-state index contributed by atoms with van der Waals surface area (Å²) in [6, 6.07) is 8.32. The lowest BCUT2D eigenvalue weighted by atomic mass is 10.1. The van der Waals surface area contributed by atoms with Crippen molar-refractivity contribution >= 4 is 41.7 Å². The summed E-state index contributed by atoms with van der Waals surface area (Å²) in [5.41, 5.74) is 7.92. The lowest BCUT2D eigenvalue weighted by Gasteiger charge is -2.21. The number of para-hydroxylation sites is 2. The molecule has 0 spiro atoms. The number of nitrogens with zero attached hydrogens (tertiary/aromatic N) is 3. The maximum atomic E-state index is 6.00. The summed E-state index contributed by atoms with van der Waals surface area (Å²) in [6.07, 6.45) is 5.15. The largest absolute Gasteiger partial charge is 0.355 e. The Bertz CT molecular complexity index is 549. The highest BCUT2D eigenvalue weighted by Gasteiger charge is 2.15. The average molecular weight is 315 g/mol. The zero-order valence-electron chi connectivity index (χ0n) is 11.2. The fourth-order valence-corrected chi connectivity index (χ4v) is 2.45. The van der Waals surface area contributed by atoms with Gasteiger partial charge in [-0.1, -0.05) is 12.1 Å². The smallest absolute Gasteiger partial charge is 0.147 e. The predicted octanol–water partition coefficient (Wildman–Crippen LogP) is 2.79. The average Bonchev–Trinajstić information content (AvgIpc) is 2.63. The standard InChI is InChI=1S/C14H18N4.2ClH/c15-11-4-3-8-18(9-7-11)14-10-16-12-5-1-2-6-13(12)17-14;;/h1-2,5-6,10-11H,3-4,7-9,15H2;2*1H. The Labute approximate surface area is 131 Å². The van der Waals surface area contributed by atoms with Crippen LogP contribution < -0.4 is 10.6 Å². The van der Waals surface area contributed by atoms with E-state index >= 15 is 0 Å². The van der Waals surface area contributed by atoms with E-state index in [1.165, 1.54) is 0 Å². The van der Waals surface area contributed by atoms with E-state index in [0.717, 1.165) is 49.2 Å². The molecule has 3 rings (SSSR count). The molecule has 110 valence electrons. The molecule has 1 fully saturated rings. The minimum Gasteiger partial charge on any atom is -0.355 e. The van der Waals surface area contributed by atoms with Gasteiger partial charge in [0.05, 0.1) is 17.2 Å². The van der Waals surface area contributed by atoms with Gasteiger partial charge in [0.1, 0.15) is 5.82 Å². The first-order chi connectivity index (χ1) is 8.83. The Morgan fingerprint density at radius 1 is 1.05 bits per heavy atom. The van der Waals surface area contributed by atoms with Crippen LogP contribution in [0.25, 0.3) is 11.0 Å². The Balaban J connectivity index is 0.000001000. The highest BCUT2D eigenvalue weighted by Crippen LogP contribution is 2.18. The molecule has 0 radical (unpaired) electrons. The predicted molar refractivity (Wildman–Crippen MR) is 88.1 cm³/mol. The highest BCUT2D eigenvalue weighted by molar-refractivity contribution is 5.85. The van der Waals surface area contributed by atoms with Crippen molar-refractivity contribution in [1.82, 2.24) is 9.97 Å². The minimum atomic E-state index is 0. The van der Waals surface area contributed by atoms with E-state index in [1.807, 2.05) is 30.5 Å². The molecule has 1 aromatic heterocycles. The van der Waals surface area contributed by atoms with Gasteiger partial charge in [0.2, 0.25) is 0 Å². The van der Waals surface area contributed by atoms with Crippen molar-refractivity contribution < 1.29 is 0 Å². The number of aromatic nitrogens is 2. The van der Waals surface area contributed by atoms with Crippen LogP contribution in [-0.2, 0) is 0 Å². The van der Waals surface area contributed by atoms with Gasteiger partial charge in [-0.2, -0.15) is 0 Å². The molecule has 1 aliphatic heterocycles. The lowest BCUT2D eigenvalue weighted by molar-refractivity contribution is 0.601. The van der Waals surface area contributed by atoms with Crippen molar-refractivity contribution in [2.45, 2.75) is 25.3 Å². The summed E-state index contributed by atoms with van der Waals surface area (Å²) in [6.45, 7) is 2.01. The fraction of sp³-hybridized carbons (Fsp3) is 0.429. The number of rotatable bonds is 1. The summed E-state index contributed by atoms with van der Waals surface area (Å²) < 4.78 is 0. The fourth-order valence-electron chi connectivity index (χ4n) is 2.45. The Kier molecular flexibility index (Phi) is 6.46.